The lowest BCUT2D eigenvalue weighted by Gasteiger charge is -2.23. The summed E-state index contributed by atoms with van der Waals surface area (Å²) >= 11 is 0. The minimum absolute atomic E-state index is 0.216. The van der Waals surface area contributed by atoms with Gasteiger partial charge in [-0.2, -0.15) is 13.2 Å². The van der Waals surface area contributed by atoms with E-state index < -0.39 is 25.2 Å². The molecule has 0 aliphatic heterocycles. The number of carbonyl (C=O) groups is 1. The molecule has 0 amide bonds. The van der Waals surface area contributed by atoms with E-state index >= 15 is 0 Å². The van der Waals surface area contributed by atoms with Gasteiger partial charge >= 0.3 is 12.1 Å². The minimum atomic E-state index is -4.48. The summed E-state index contributed by atoms with van der Waals surface area (Å²) in [5.74, 6) is -0.670. The lowest BCUT2D eigenvalue weighted by atomic mass is 10.1. The molecule has 0 radical (unpaired) electrons. The summed E-state index contributed by atoms with van der Waals surface area (Å²) in [5.41, 5.74) is 0.419. The maximum atomic E-state index is 12.5. The Bertz CT molecular complexity index is 491. The molecule has 0 spiro atoms. The highest BCUT2D eigenvalue weighted by atomic mass is 19.4. The number of para-hydroxylation sites is 1. The van der Waals surface area contributed by atoms with Gasteiger partial charge in [-0.1, -0.05) is 12.1 Å². The van der Waals surface area contributed by atoms with E-state index in [1.54, 1.807) is 18.2 Å². The van der Waals surface area contributed by atoms with Gasteiger partial charge in [0.15, 0.2) is 11.5 Å². The van der Waals surface area contributed by atoms with Crippen LogP contribution in [0.3, 0.4) is 0 Å². The van der Waals surface area contributed by atoms with E-state index in [4.69, 9.17) is 14.6 Å². The Kier molecular flexibility index (Phi) is 5.83. The van der Waals surface area contributed by atoms with E-state index in [0.29, 0.717) is 11.3 Å². The number of ether oxygens (including phenoxy) is 2. The van der Waals surface area contributed by atoms with Crippen molar-refractivity contribution in [2.24, 2.45) is 0 Å². The van der Waals surface area contributed by atoms with Gasteiger partial charge in [-0.05, 0) is 6.07 Å². The van der Waals surface area contributed by atoms with Crippen LogP contribution in [0, 0.1) is 0 Å². The Morgan fingerprint density at radius 1 is 1.29 bits per heavy atom. The molecule has 1 aromatic rings. The maximum absolute atomic E-state index is 12.5. The van der Waals surface area contributed by atoms with Gasteiger partial charge in [0, 0.05) is 12.1 Å². The first-order valence-electron chi connectivity index (χ1n) is 5.97. The summed E-state index contributed by atoms with van der Waals surface area (Å²) < 4.78 is 47.7. The van der Waals surface area contributed by atoms with Crippen LogP contribution < -0.4 is 9.47 Å². The number of methoxy groups -OCH3 is 2. The van der Waals surface area contributed by atoms with Crippen molar-refractivity contribution < 1.29 is 32.5 Å². The van der Waals surface area contributed by atoms with Gasteiger partial charge in [0.05, 0.1) is 27.3 Å². The number of halogens is 3. The van der Waals surface area contributed by atoms with Crippen molar-refractivity contribution in [1.29, 1.82) is 0 Å². The van der Waals surface area contributed by atoms with Gasteiger partial charge in [-0.15, -0.1) is 0 Å². The smallest absolute Gasteiger partial charge is 0.401 e. The molecule has 1 aromatic carbocycles. The molecular formula is C13H16F3NO4. The monoisotopic (exact) mass is 307 g/mol. The predicted molar refractivity (Wildman–Crippen MR) is 68.5 cm³/mol. The normalized spacial score (nSPS) is 11.5. The molecule has 0 aliphatic rings. The van der Waals surface area contributed by atoms with Crippen LogP contribution in [0.15, 0.2) is 18.2 Å². The van der Waals surface area contributed by atoms with E-state index in [9.17, 15) is 18.0 Å². The van der Waals surface area contributed by atoms with Crippen LogP contribution in [0.1, 0.15) is 5.56 Å². The lowest BCUT2D eigenvalue weighted by molar-refractivity contribution is -0.154. The molecule has 1 N–H and O–H groups in total. The fourth-order valence-corrected chi connectivity index (χ4v) is 1.93. The van der Waals surface area contributed by atoms with E-state index in [1.807, 2.05) is 0 Å². The molecule has 0 aliphatic carbocycles. The average molecular weight is 307 g/mol. The fraction of sp³-hybridized carbons (Fsp3) is 0.462. The third-order valence-corrected chi connectivity index (χ3v) is 2.64. The second-order valence-corrected chi connectivity index (χ2v) is 4.31. The Hall–Kier alpha value is -1.96. The van der Waals surface area contributed by atoms with Crippen LogP contribution in [0.2, 0.25) is 0 Å². The van der Waals surface area contributed by atoms with Crippen LogP contribution >= 0.6 is 0 Å². The molecule has 0 heterocycles. The number of carboxylic acids is 1. The summed E-state index contributed by atoms with van der Waals surface area (Å²) in [4.78, 5) is 11.5. The number of alkyl halides is 3. The number of benzene rings is 1. The summed E-state index contributed by atoms with van der Waals surface area (Å²) in [6.45, 7) is -2.26. The van der Waals surface area contributed by atoms with Gasteiger partial charge in [-0.25, -0.2) is 0 Å². The number of hydrogen-bond donors (Lipinski definition) is 1. The highest BCUT2D eigenvalue weighted by molar-refractivity contribution is 5.69. The van der Waals surface area contributed by atoms with E-state index in [2.05, 4.69) is 0 Å². The standard InChI is InChI=1S/C13H16F3NO4/c1-20-10-5-3-4-9(12(10)21-2)6-17(7-11(18)19)8-13(14,15)16/h3-5H,6-8H2,1-2H3,(H,18,19). The first-order valence-corrected chi connectivity index (χ1v) is 5.97. The van der Waals surface area contributed by atoms with E-state index in [-0.39, 0.29) is 12.3 Å². The van der Waals surface area contributed by atoms with Crippen LogP contribution in [0.4, 0.5) is 13.2 Å². The van der Waals surface area contributed by atoms with Gasteiger partial charge < -0.3 is 14.6 Å². The zero-order chi connectivity index (χ0) is 16.0. The van der Waals surface area contributed by atoms with Crippen LogP contribution in [0.5, 0.6) is 11.5 Å². The SMILES string of the molecule is COc1cccc(CN(CC(=O)O)CC(F)(F)F)c1OC. The van der Waals surface area contributed by atoms with Crippen molar-refractivity contribution in [3.63, 3.8) is 0 Å². The minimum Gasteiger partial charge on any atom is -0.493 e. The molecule has 0 atom stereocenters. The van der Waals surface area contributed by atoms with Gasteiger partial charge in [0.25, 0.3) is 0 Å². The van der Waals surface area contributed by atoms with Crippen LogP contribution in [-0.4, -0.2) is 49.5 Å². The van der Waals surface area contributed by atoms with Crippen molar-refractivity contribution in [2.75, 3.05) is 27.3 Å². The molecule has 8 heteroatoms. The molecule has 0 saturated heterocycles. The number of nitrogens with zero attached hydrogens (tertiary/aromatic N) is 1. The van der Waals surface area contributed by atoms with E-state index in [1.165, 1.54) is 14.2 Å². The molecule has 21 heavy (non-hydrogen) atoms. The van der Waals surface area contributed by atoms with Gasteiger partial charge in [0.2, 0.25) is 0 Å². The second kappa shape index (κ2) is 7.16. The summed E-state index contributed by atoms with van der Waals surface area (Å²) in [6, 6.07) is 4.77. The largest absolute Gasteiger partial charge is 0.493 e. The van der Waals surface area contributed by atoms with Crippen molar-refractivity contribution in [3.05, 3.63) is 23.8 Å². The van der Waals surface area contributed by atoms with Crippen molar-refractivity contribution in [3.8, 4) is 11.5 Å². The summed E-state index contributed by atoms with van der Waals surface area (Å²) in [7, 11) is 2.78. The topological polar surface area (TPSA) is 59.0 Å². The summed E-state index contributed by atoms with van der Waals surface area (Å²) in [6.07, 6.45) is -4.48. The average Bonchev–Trinajstić information content (AvgIpc) is 2.35. The molecule has 118 valence electrons. The summed E-state index contributed by atoms with van der Waals surface area (Å²) in [5, 5.41) is 8.72. The Balaban J connectivity index is 3.00. The number of rotatable bonds is 7. The first-order chi connectivity index (χ1) is 9.76. The second-order valence-electron chi connectivity index (χ2n) is 4.31. The highest BCUT2D eigenvalue weighted by Gasteiger charge is 2.32. The molecule has 1 rings (SSSR count). The van der Waals surface area contributed by atoms with Crippen molar-refractivity contribution in [1.82, 2.24) is 4.90 Å². The fourth-order valence-electron chi connectivity index (χ4n) is 1.93. The van der Waals surface area contributed by atoms with E-state index in [0.717, 1.165) is 4.90 Å². The van der Waals surface area contributed by atoms with Gasteiger partial charge in [-0.3, -0.25) is 9.69 Å². The first kappa shape index (κ1) is 17.1. The Morgan fingerprint density at radius 3 is 2.43 bits per heavy atom. The highest BCUT2D eigenvalue weighted by Crippen LogP contribution is 2.32. The molecule has 0 saturated carbocycles. The lowest BCUT2D eigenvalue weighted by Crippen LogP contribution is -2.37. The third-order valence-electron chi connectivity index (χ3n) is 2.64. The third kappa shape index (κ3) is 5.50. The quantitative estimate of drug-likeness (QED) is 0.836. The van der Waals surface area contributed by atoms with Crippen LogP contribution in [0.25, 0.3) is 0 Å². The molecule has 0 aromatic heterocycles. The zero-order valence-corrected chi connectivity index (χ0v) is 11.6. The molecule has 0 bridgehead atoms. The van der Waals surface area contributed by atoms with Crippen LogP contribution in [-0.2, 0) is 11.3 Å². The zero-order valence-electron chi connectivity index (χ0n) is 11.6. The van der Waals surface area contributed by atoms with Crippen molar-refractivity contribution >= 4 is 5.97 Å². The Morgan fingerprint density at radius 2 is 1.95 bits per heavy atom. The van der Waals surface area contributed by atoms with Crippen molar-refractivity contribution in [2.45, 2.75) is 12.7 Å². The molecular weight excluding hydrogens is 291 g/mol. The van der Waals surface area contributed by atoms with Gasteiger partial charge in [0.1, 0.15) is 0 Å². The molecule has 0 unspecified atom stereocenters. The maximum Gasteiger partial charge on any atom is 0.401 e. The number of aliphatic carboxylic acids is 1. The number of hydrogen-bond acceptors (Lipinski definition) is 4. The predicted octanol–water partition coefficient (Wildman–Crippen LogP) is 2.15. The molecule has 5 nitrogen and oxygen atoms in total. The number of carboxylic acid groups (broad SMARTS) is 1. The Labute approximate surface area is 119 Å². The molecule has 0 fully saturated rings.